The first-order valence-corrected chi connectivity index (χ1v) is 11.5. The van der Waals surface area contributed by atoms with Crippen molar-refractivity contribution in [2.24, 2.45) is 10.9 Å². The second kappa shape index (κ2) is 7.99. The molecule has 5 rings (SSSR count). The second-order valence-electron chi connectivity index (χ2n) is 9.28. The molecule has 33 heavy (non-hydrogen) atoms. The minimum atomic E-state index is -0.605. The molecule has 7 nitrogen and oxygen atoms in total. The Hall–Kier alpha value is -3.19. The van der Waals surface area contributed by atoms with Crippen LogP contribution in [0.15, 0.2) is 47.5 Å². The van der Waals surface area contributed by atoms with E-state index in [9.17, 15) is 9.59 Å². The van der Waals surface area contributed by atoms with Crippen LogP contribution in [0.3, 0.4) is 0 Å². The van der Waals surface area contributed by atoms with Gasteiger partial charge in [-0.1, -0.05) is 41.7 Å². The summed E-state index contributed by atoms with van der Waals surface area (Å²) in [6.07, 6.45) is 0. The van der Waals surface area contributed by atoms with Crippen molar-refractivity contribution in [3.05, 3.63) is 64.2 Å². The summed E-state index contributed by atoms with van der Waals surface area (Å²) >= 11 is 6.00. The van der Waals surface area contributed by atoms with Crippen molar-refractivity contribution in [2.75, 3.05) is 25.0 Å². The van der Waals surface area contributed by atoms with E-state index < -0.39 is 6.04 Å². The van der Waals surface area contributed by atoms with Crippen LogP contribution in [0.4, 0.5) is 10.5 Å². The Morgan fingerprint density at radius 2 is 1.76 bits per heavy atom. The summed E-state index contributed by atoms with van der Waals surface area (Å²) in [4.78, 5) is 36.6. The zero-order chi connectivity index (χ0) is 23.4. The average Bonchev–Trinajstić information content (AvgIpc) is 3.15. The molecule has 8 heteroatoms. The van der Waals surface area contributed by atoms with Crippen LogP contribution in [0.2, 0.25) is 5.02 Å². The number of likely N-dealkylation sites (N-methyl/N-ethyl adjacent to an activating group) is 1. The van der Waals surface area contributed by atoms with Crippen molar-refractivity contribution >= 4 is 41.0 Å². The summed E-state index contributed by atoms with van der Waals surface area (Å²) in [7, 11) is 1.69. The number of amides is 3. The number of amidine groups is 1. The summed E-state index contributed by atoms with van der Waals surface area (Å²) in [5.41, 5.74) is 4.26. The van der Waals surface area contributed by atoms with Crippen molar-refractivity contribution in [1.29, 1.82) is 0 Å². The molecular weight excluding hydrogens is 438 g/mol. The molecular formula is C25H27ClN5O2+. The quantitative estimate of drug-likeness (QED) is 0.651. The van der Waals surface area contributed by atoms with Gasteiger partial charge in [0.2, 0.25) is 11.9 Å². The summed E-state index contributed by atoms with van der Waals surface area (Å²) in [5, 5.41) is 0.616. The van der Waals surface area contributed by atoms with Crippen LogP contribution in [0, 0.1) is 19.8 Å². The zero-order valence-corrected chi connectivity index (χ0v) is 20.0. The zero-order valence-electron chi connectivity index (χ0n) is 19.2. The molecule has 0 spiro atoms. The number of fused-ring (bicyclic) bond motifs is 2. The van der Waals surface area contributed by atoms with Gasteiger partial charge in [0.05, 0.1) is 19.6 Å². The predicted molar refractivity (Wildman–Crippen MR) is 129 cm³/mol. The number of rotatable bonds is 3. The predicted octanol–water partition coefficient (Wildman–Crippen LogP) is 3.66. The molecule has 3 aliphatic heterocycles. The highest BCUT2D eigenvalue weighted by molar-refractivity contribution is 6.30. The van der Waals surface area contributed by atoms with E-state index in [4.69, 9.17) is 16.6 Å². The van der Waals surface area contributed by atoms with Crippen LogP contribution in [0.25, 0.3) is 0 Å². The van der Waals surface area contributed by atoms with Crippen molar-refractivity contribution in [3.63, 3.8) is 0 Å². The number of imide groups is 1. The Kier molecular flexibility index (Phi) is 5.24. The fourth-order valence-electron chi connectivity index (χ4n) is 4.94. The minimum Gasteiger partial charge on any atom is -0.270 e. The lowest BCUT2D eigenvalue weighted by Gasteiger charge is -2.35. The van der Waals surface area contributed by atoms with Gasteiger partial charge < -0.3 is 0 Å². The van der Waals surface area contributed by atoms with Crippen LogP contribution < -0.4 is 4.90 Å². The molecule has 0 saturated carbocycles. The number of carbonyl (C=O) groups is 2. The standard InChI is InChI=1S/C25H27ClN5O2/c1-15-9-16(2)11-20(10-15)29-12-17(3)13-30-21-22(27-24(29)30)28(4)25(33)31(23(21)32)14-18-5-7-19(26)8-6-18/h5-11,17,21H,12-14H2,1-4H3/q+1. The van der Waals surface area contributed by atoms with E-state index in [1.807, 2.05) is 12.1 Å². The van der Waals surface area contributed by atoms with Crippen molar-refractivity contribution in [3.8, 4) is 0 Å². The smallest absolute Gasteiger partial charge is 0.270 e. The Bertz CT molecular complexity index is 1200. The van der Waals surface area contributed by atoms with E-state index >= 15 is 0 Å². The minimum absolute atomic E-state index is 0.197. The number of halogens is 1. The van der Waals surface area contributed by atoms with Gasteiger partial charge in [0.1, 0.15) is 5.69 Å². The first-order valence-electron chi connectivity index (χ1n) is 11.1. The Labute approximate surface area is 198 Å². The van der Waals surface area contributed by atoms with Gasteiger partial charge in [-0.2, -0.15) is 0 Å². The number of hydrogen-bond acceptors (Lipinski definition) is 4. The molecule has 3 aliphatic rings. The lowest BCUT2D eigenvalue weighted by Crippen LogP contribution is -2.63. The third kappa shape index (κ3) is 3.70. The molecule has 1 fully saturated rings. The van der Waals surface area contributed by atoms with Gasteiger partial charge in [-0.3, -0.25) is 14.6 Å². The lowest BCUT2D eigenvalue weighted by atomic mass is 10.0. The van der Waals surface area contributed by atoms with Gasteiger partial charge in [0, 0.05) is 18.0 Å². The number of aryl methyl sites for hydroxylation is 2. The molecule has 2 atom stereocenters. The molecule has 170 valence electrons. The fourth-order valence-corrected chi connectivity index (χ4v) is 5.07. The fraction of sp³-hybridized carbons (Fsp3) is 0.360. The Balaban J connectivity index is 1.53. The summed E-state index contributed by atoms with van der Waals surface area (Å²) in [5.74, 6) is 1.32. The number of guanidine groups is 1. The van der Waals surface area contributed by atoms with Crippen molar-refractivity contribution < 1.29 is 14.2 Å². The molecule has 3 heterocycles. The lowest BCUT2D eigenvalue weighted by molar-refractivity contribution is -0.545. The first kappa shape index (κ1) is 21.6. The number of carbonyl (C=O) groups excluding carboxylic acids is 2. The molecule has 1 saturated heterocycles. The molecule has 0 radical (unpaired) electrons. The first-order chi connectivity index (χ1) is 15.7. The van der Waals surface area contributed by atoms with E-state index in [1.165, 1.54) is 20.9 Å². The third-order valence-electron chi connectivity index (χ3n) is 6.41. The van der Waals surface area contributed by atoms with E-state index in [-0.39, 0.29) is 18.5 Å². The average molecular weight is 465 g/mol. The number of urea groups is 1. The molecule has 2 aromatic carbocycles. The number of benzene rings is 2. The highest BCUT2D eigenvalue weighted by Crippen LogP contribution is 2.29. The highest BCUT2D eigenvalue weighted by atomic mass is 35.5. The summed E-state index contributed by atoms with van der Waals surface area (Å²) in [6.45, 7) is 8.05. The van der Waals surface area contributed by atoms with Crippen molar-refractivity contribution in [1.82, 2.24) is 9.80 Å². The van der Waals surface area contributed by atoms with Gasteiger partial charge in [-0.25, -0.2) is 14.3 Å². The van der Waals surface area contributed by atoms with Gasteiger partial charge in [-0.05, 0) is 54.8 Å². The van der Waals surface area contributed by atoms with E-state index in [2.05, 4.69) is 48.4 Å². The monoisotopic (exact) mass is 464 g/mol. The number of nitrogens with zero attached hydrogens (tertiary/aromatic N) is 5. The maximum absolute atomic E-state index is 13.6. The van der Waals surface area contributed by atoms with Gasteiger partial charge in [0.25, 0.3) is 5.91 Å². The second-order valence-corrected chi connectivity index (χ2v) is 9.72. The molecule has 0 aliphatic carbocycles. The number of anilines is 1. The molecule has 3 amide bonds. The number of aliphatic imine (C=N–C) groups is 1. The van der Waals surface area contributed by atoms with E-state index in [0.29, 0.717) is 23.3 Å². The molecule has 2 aromatic rings. The van der Waals surface area contributed by atoms with Crippen LogP contribution >= 0.6 is 11.6 Å². The summed E-state index contributed by atoms with van der Waals surface area (Å²) < 4.78 is 2.06. The van der Waals surface area contributed by atoms with Crippen LogP contribution in [0.1, 0.15) is 23.6 Å². The maximum Gasteiger partial charge on any atom is 0.397 e. The van der Waals surface area contributed by atoms with Crippen LogP contribution in [-0.2, 0) is 11.3 Å². The van der Waals surface area contributed by atoms with Gasteiger partial charge in [-0.15, -0.1) is 0 Å². The van der Waals surface area contributed by atoms with Crippen LogP contribution in [-0.4, -0.2) is 64.3 Å². The molecule has 2 unspecified atom stereocenters. The number of hydrogen-bond donors (Lipinski definition) is 0. The van der Waals surface area contributed by atoms with Gasteiger partial charge in [0.15, 0.2) is 0 Å². The summed E-state index contributed by atoms with van der Waals surface area (Å²) in [6, 6.07) is 12.7. The Morgan fingerprint density at radius 1 is 1.09 bits per heavy atom. The van der Waals surface area contributed by atoms with E-state index in [0.717, 1.165) is 23.8 Å². The molecule has 0 bridgehead atoms. The molecule has 0 aromatic heterocycles. The van der Waals surface area contributed by atoms with Crippen LogP contribution in [0.5, 0.6) is 0 Å². The van der Waals surface area contributed by atoms with Gasteiger partial charge >= 0.3 is 12.0 Å². The largest absolute Gasteiger partial charge is 0.397 e. The normalized spacial score (nSPS) is 22.6. The Morgan fingerprint density at radius 3 is 2.42 bits per heavy atom. The SMILES string of the molecule is Cc1cc(C)cc(N2CC(C)C[N+]3=C2N=C2C3C(=O)N(Cc3ccc(Cl)cc3)C(=O)N2C)c1. The third-order valence-corrected chi connectivity index (χ3v) is 6.66. The van der Waals surface area contributed by atoms with E-state index in [1.54, 1.807) is 19.2 Å². The van der Waals surface area contributed by atoms with Crippen molar-refractivity contribution in [2.45, 2.75) is 33.4 Å². The highest BCUT2D eigenvalue weighted by Gasteiger charge is 2.55. The topological polar surface area (TPSA) is 59.2 Å². The molecule has 0 N–H and O–H groups in total. The maximum atomic E-state index is 13.6.